The lowest BCUT2D eigenvalue weighted by atomic mass is 10.2. The molecule has 0 aliphatic heterocycles. The topological polar surface area (TPSA) is 77.1 Å². The Labute approximate surface area is 117 Å². The maximum Gasteiger partial charge on any atom is 0.346 e. The van der Waals surface area contributed by atoms with Crippen molar-refractivity contribution in [1.29, 1.82) is 0 Å². The van der Waals surface area contributed by atoms with E-state index in [0.717, 1.165) is 0 Å². The Morgan fingerprint density at radius 3 is 2.58 bits per heavy atom. The summed E-state index contributed by atoms with van der Waals surface area (Å²) in [4.78, 5) is 23.1. The quantitative estimate of drug-likeness (QED) is 0.932. The number of hydrogen-bond donors (Lipinski definition) is 1. The summed E-state index contributed by atoms with van der Waals surface area (Å²) in [6, 6.07) is 4.59. The van der Waals surface area contributed by atoms with Gasteiger partial charge in [-0.3, -0.25) is 4.57 Å². The summed E-state index contributed by atoms with van der Waals surface area (Å²) in [7, 11) is 3.18. The number of aromatic carboxylic acids is 1. The summed E-state index contributed by atoms with van der Waals surface area (Å²) >= 11 is 7.12. The number of carboxylic acids is 1. The minimum absolute atomic E-state index is 0.0425. The summed E-state index contributed by atoms with van der Waals surface area (Å²) in [6.45, 7) is 0. The zero-order valence-electron chi connectivity index (χ0n) is 10.1. The Morgan fingerprint density at radius 1 is 1.42 bits per heavy atom. The number of benzene rings is 1. The standard InChI is InChI=1S/C11H10ClN3O3S/c1-14-10(13-15(2)11(14)18)19-6-3-4-7(9(16)17)8(12)5-6/h3-5H,1-2H3,(H,16,17). The second-order valence-corrected chi connectivity index (χ2v) is 5.24. The van der Waals surface area contributed by atoms with Gasteiger partial charge >= 0.3 is 11.7 Å². The summed E-state index contributed by atoms with van der Waals surface area (Å²) in [5.41, 5.74) is -0.184. The average Bonchev–Trinajstić information content (AvgIpc) is 2.57. The largest absolute Gasteiger partial charge is 0.478 e. The van der Waals surface area contributed by atoms with E-state index in [4.69, 9.17) is 16.7 Å². The predicted octanol–water partition coefficient (Wildman–Crippen LogP) is 1.62. The molecule has 19 heavy (non-hydrogen) atoms. The first-order chi connectivity index (χ1) is 8.90. The third kappa shape index (κ3) is 2.66. The molecule has 2 rings (SSSR count). The number of aryl methyl sites for hydroxylation is 1. The van der Waals surface area contributed by atoms with Crippen LogP contribution in [0.4, 0.5) is 0 Å². The lowest BCUT2D eigenvalue weighted by Crippen LogP contribution is -2.20. The van der Waals surface area contributed by atoms with Gasteiger partial charge in [-0.15, -0.1) is 5.10 Å². The van der Waals surface area contributed by atoms with Crippen LogP contribution in [0, 0.1) is 0 Å². The van der Waals surface area contributed by atoms with Crippen molar-refractivity contribution in [2.75, 3.05) is 0 Å². The van der Waals surface area contributed by atoms with Gasteiger partial charge in [-0.1, -0.05) is 11.6 Å². The molecule has 0 aliphatic carbocycles. The van der Waals surface area contributed by atoms with Crippen molar-refractivity contribution in [2.45, 2.75) is 10.1 Å². The maximum atomic E-state index is 11.5. The van der Waals surface area contributed by atoms with Crippen molar-refractivity contribution < 1.29 is 9.90 Å². The molecule has 2 aromatic rings. The highest BCUT2D eigenvalue weighted by molar-refractivity contribution is 7.99. The van der Waals surface area contributed by atoms with Crippen LogP contribution in [-0.4, -0.2) is 25.4 Å². The van der Waals surface area contributed by atoms with Gasteiger partial charge < -0.3 is 5.11 Å². The van der Waals surface area contributed by atoms with Crippen LogP contribution in [0.25, 0.3) is 0 Å². The van der Waals surface area contributed by atoms with Gasteiger partial charge in [-0.2, -0.15) is 0 Å². The zero-order valence-corrected chi connectivity index (χ0v) is 11.7. The van der Waals surface area contributed by atoms with Crippen LogP contribution in [-0.2, 0) is 14.1 Å². The molecule has 8 heteroatoms. The van der Waals surface area contributed by atoms with Crippen molar-refractivity contribution in [1.82, 2.24) is 14.3 Å². The van der Waals surface area contributed by atoms with E-state index >= 15 is 0 Å². The van der Waals surface area contributed by atoms with Gasteiger partial charge in [0.15, 0.2) is 5.16 Å². The van der Waals surface area contributed by atoms with Crippen LogP contribution < -0.4 is 5.69 Å². The molecule has 0 bridgehead atoms. The fourth-order valence-corrected chi connectivity index (χ4v) is 2.69. The Morgan fingerprint density at radius 2 is 2.11 bits per heavy atom. The van der Waals surface area contributed by atoms with Crippen LogP contribution in [0.5, 0.6) is 0 Å². The summed E-state index contributed by atoms with van der Waals surface area (Å²) in [5.74, 6) is -1.08. The Balaban J connectivity index is 2.34. The van der Waals surface area contributed by atoms with E-state index in [9.17, 15) is 9.59 Å². The van der Waals surface area contributed by atoms with Gasteiger partial charge in [0.25, 0.3) is 0 Å². The summed E-state index contributed by atoms with van der Waals surface area (Å²) in [5, 5.41) is 13.6. The molecular formula is C11H10ClN3O3S. The van der Waals surface area contributed by atoms with Crippen LogP contribution in [0.2, 0.25) is 5.02 Å². The Hall–Kier alpha value is -1.73. The van der Waals surface area contributed by atoms with Crippen LogP contribution in [0.15, 0.2) is 33.0 Å². The molecule has 0 atom stereocenters. The van der Waals surface area contributed by atoms with Crippen molar-refractivity contribution >= 4 is 29.3 Å². The first-order valence-corrected chi connectivity index (χ1v) is 6.40. The van der Waals surface area contributed by atoms with Gasteiger partial charge in [0, 0.05) is 19.0 Å². The highest BCUT2D eigenvalue weighted by atomic mass is 35.5. The number of carboxylic acid groups (broad SMARTS) is 1. The summed E-state index contributed by atoms with van der Waals surface area (Å²) < 4.78 is 2.64. The number of rotatable bonds is 3. The molecule has 0 fully saturated rings. The smallest absolute Gasteiger partial charge is 0.346 e. The molecule has 1 heterocycles. The second-order valence-electron chi connectivity index (χ2n) is 3.80. The van der Waals surface area contributed by atoms with Crippen molar-refractivity contribution in [2.24, 2.45) is 14.1 Å². The maximum absolute atomic E-state index is 11.5. The molecule has 0 saturated heterocycles. The number of nitrogens with zero attached hydrogens (tertiary/aromatic N) is 3. The number of carbonyl (C=O) groups is 1. The fourth-order valence-electron chi connectivity index (χ4n) is 1.46. The van der Waals surface area contributed by atoms with Gasteiger partial charge in [0.05, 0.1) is 10.6 Å². The number of halogens is 1. The van der Waals surface area contributed by atoms with Gasteiger partial charge in [0.1, 0.15) is 0 Å². The van der Waals surface area contributed by atoms with E-state index in [1.165, 1.54) is 33.1 Å². The average molecular weight is 300 g/mol. The van der Waals surface area contributed by atoms with Crippen molar-refractivity contribution in [3.05, 3.63) is 39.3 Å². The van der Waals surface area contributed by atoms with E-state index in [1.807, 2.05) is 0 Å². The van der Waals surface area contributed by atoms with E-state index in [2.05, 4.69) is 5.10 Å². The monoisotopic (exact) mass is 299 g/mol. The second kappa shape index (κ2) is 5.10. The molecule has 1 aromatic carbocycles. The lowest BCUT2D eigenvalue weighted by Gasteiger charge is -2.03. The van der Waals surface area contributed by atoms with Crippen LogP contribution >= 0.6 is 23.4 Å². The first kappa shape index (κ1) is 13.7. The molecule has 1 aromatic heterocycles. The minimum Gasteiger partial charge on any atom is -0.478 e. The molecule has 0 spiro atoms. The predicted molar refractivity (Wildman–Crippen MR) is 71.0 cm³/mol. The lowest BCUT2D eigenvalue weighted by molar-refractivity contribution is 0.0697. The van der Waals surface area contributed by atoms with Crippen molar-refractivity contribution in [3.8, 4) is 0 Å². The minimum atomic E-state index is -1.08. The highest BCUT2D eigenvalue weighted by Gasteiger charge is 2.12. The number of hydrogen-bond acceptors (Lipinski definition) is 4. The molecule has 1 N–H and O–H groups in total. The third-order valence-corrected chi connectivity index (χ3v) is 3.81. The molecular weight excluding hydrogens is 290 g/mol. The molecule has 100 valence electrons. The van der Waals surface area contributed by atoms with Gasteiger partial charge in [-0.25, -0.2) is 14.3 Å². The zero-order chi connectivity index (χ0) is 14.2. The van der Waals surface area contributed by atoms with Crippen molar-refractivity contribution in [3.63, 3.8) is 0 Å². The van der Waals surface area contributed by atoms with Gasteiger partial charge in [-0.05, 0) is 30.0 Å². The number of aromatic nitrogens is 3. The molecule has 6 nitrogen and oxygen atoms in total. The van der Waals surface area contributed by atoms with Gasteiger partial charge in [0.2, 0.25) is 0 Å². The molecule has 0 saturated carbocycles. The van der Waals surface area contributed by atoms with E-state index in [0.29, 0.717) is 10.1 Å². The first-order valence-electron chi connectivity index (χ1n) is 5.21. The van der Waals surface area contributed by atoms with E-state index in [-0.39, 0.29) is 16.3 Å². The van der Waals surface area contributed by atoms with Crippen LogP contribution in [0.1, 0.15) is 10.4 Å². The normalized spacial score (nSPS) is 10.7. The van der Waals surface area contributed by atoms with Crippen LogP contribution in [0.3, 0.4) is 0 Å². The molecule has 0 aliphatic rings. The fraction of sp³-hybridized carbons (Fsp3) is 0.182. The Kier molecular flexibility index (Phi) is 3.68. The third-order valence-electron chi connectivity index (χ3n) is 2.47. The molecule has 0 radical (unpaired) electrons. The highest BCUT2D eigenvalue weighted by Crippen LogP contribution is 2.29. The van der Waals surface area contributed by atoms with E-state index in [1.54, 1.807) is 20.2 Å². The summed E-state index contributed by atoms with van der Waals surface area (Å²) in [6.07, 6.45) is 0. The molecule has 0 amide bonds. The Bertz CT molecular complexity index is 708. The SMILES string of the molecule is Cn1nc(Sc2ccc(C(=O)O)c(Cl)c2)n(C)c1=O. The van der Waals surface area contributed by atoms with E-state index < -0.39 is 5.97 Å². The molecule has 0 unspecified atom stereocenters.